The van der Waals surface area contributed by atoms with E-state index in [9.17, 15) is 4.79 Å². The van der Waals surface area contributed by atoms with E-state index in [4.69, 9.17) is 9.47 Å². The Balaban J connectivity index is 2.18. The number of hydrogen-bond acceptors (Lipinski definition) is 3. The summed E-state index contributed by atoms with van der Waals surface area (Å²) in [7, 11) is 0. The number of esters is 1. The minimum Gasteiger partial charge on any atom is -0.460 e. The predicted octanol–water partition coefficient (Wildman–Crippen LogP) is 1.90. The van der Waals surface area contributed by atoms with Gasteiger partial charge in [-0.2, -0.15) is 0 Å². The Morgan fingerprint density at radius 2 is 2.31 bits per heavy atom. The van der Waals surface area contributed by atoms with Gasteiger partial charge in [-0.1, -0.05) is 6.92 Å². The Kier molecular flexibility index (Phi) is 4.22. The van der Waals surface area contributed by atoms with Crippen molar-refractivity contribution in [1.29, 1.82) is 0 Å². The van der Waals surface area contributed by atoms with Gasteiger partial charge in [-0.15, -0.1) is 0 Å². The predicted molar refractivity (Wildman–Crippen MR) is 49.4 cm³/mol. The molecule has 1 aliphatic heterocycles. The average Bonchev–Trinajstić information content (AvgIpc) is 2.09. The fraction of sp³-hybridized carbons (Fsp3) is 0.900. The molecule has 1 aliphatic rings. The fourth-order valence-electron chi connectivity index (χ4n) is 1.40. The van der Waals surface area contributed by atoms with Crippen molar-refractivity contribution in [2.45, 2.75) is 51.7 Å². The van der Waals surface area contributed by atoms with E-state index in [0.717, 1.165) is 19.3 Å². The molecule has 0 aromatic heterocycles. The summed E-state index contributed by atoms with van der Waals surface area (Å²) in [5.74, 6) is -0.0920. The van der Waals surface area contributed by atoms with E-state index in [1.54, 1.807) is 0 Å². The molecule has 2 atom stereocenters. The Hall–Kier alpha value is -0.570. The molecule has 0 amide bonds. The molecule has 3 nitrogen and oxygen atoms in total. The zero-order chi connectivity index (χ0) is 9.68. The Morgan fingerprint density at radius 3 is 2.85 bits per heavy atom. The lowest BCUT2D eigenvalue weighted by Gasteiger charge is -2.26. The summed E-state index contributed by atoms with van der Waals surface area (Å²) in [6, 6.07) is 0. The van der Waals surface area contributed by atoms with E-state index >= 15 is 0 Å². The largest absolute Gasteiger partial charge is 0.460 e. The molecule has 0 aliphatic carbocycles. The van der Waals surface area contributed by atoms with E-state index in [1.165, 1.54) is 0 Å². The zero-order valence-corrected chi connectivity index (χ0v) is 8.41. The first kappa shape index (κ1) is 10.5. The van der Waals surface area contributed by atoms with Crippen LogP contribution in [-0.4, -0.2) is 24.8 Å². The van der Waals surface area contributed by atoms with Gasteiger partial charge in [-0.25, -0.2) is 0 Å². The summed E-state index contributed by atoms with van der Waals surface area (Å²) in [5, 5.41) is 0. The van der Waals surface area contributed by atoms with E-state index < -0.39 is 0 Å². The highest BCUT2D eigenvalue weighted by atomic mass is 16.6. The van der Waals surface area contributed by atoms with Gasteiger partial charge < -0.3 is 9.47 Å². The van der Waals surface area contributed by atoms with Crippen molar-refractivity contribution >= 4 is 5.97 Å². The lowest BCUT2D eigenvalue weighted by atomic mass is 10.1. The van der Waals surface area contributed by atoms with Crippen molar-refractivity contribution in [3.05, 3.63) is 0 Å². The number of rotatable bonds is 3. The van der Waals surface area contributed by atoms with Crippen LogP contribution in [0.15, 0.2) is 0 Å². The number of carbonyl (C=O) groups excluding carboxylic acids is 1. The summed E-state index contributed by atoms with van der Waals surface area (Å²) in [4.78, 5) is 11.1. The molecule has 0 aromatic rings. The second-order valence-corrected chi connectivity index (χ2v) is 3.58. The second-order valence-electron chi connectivity index (χ2n) is 3.58. The van der Waals surface area contributed by atoms with Crippen molar-refractivity contribution < 1.29 is 14.3 Å². The van der Waals surface area contributed by atoms with Gasteiger partial charge in [-0.3, -0.25) is 4.79 Å². The molecule has 1 heterocycles. The van der Waals surface area contributed by atoms with Crippen LogP contribution < -0.4 is 0 Å². The highest BCUT2D eigenvalue weighted by molar-refractivity contribution is 5.69. The van der Waals surface area contributed by atoms with Crippen LogP contribution in [0.1, 0.15) is 39.5 Å². The van der Waals surface area contributed by atoms with Crippen molar-refractivity contribution in [2.24, 2.45) is 0 Å². The van der Waals surface area contributed by atoms with Crippen LogP contribution in [0, 0.1) is 0 Å². The van der Waals surface area contributed by atoms with Gasteiger partial charge >= 0.3 is 5.97 Å². The van der Waals surface area contributed by atoms with E-state index in [0.29, 0.717) is 19.1 Å². The summed E-state index contributed by atoms with van der Waals surface area (Å²) >= 11 is 0. The normalized spacial score (nSPS) is 28.5. The molecule has 0 radical (unpaired) electrons. The maximum Gasteiger partial charge on any atom is 0.306 e. The van der Waals surface area contributed by atoms with Crippen molar-refractivity contribution in [2.75, 3.05) is 6.61 Å². The molecule has 3 heteroatoms. The molecule has 0 N–H and O–H groups in total. The second kappa shape index (κ2) is 5.22. The smallest absolute Gasteiger partial charge is 0.306 e. The van der Waals surface area contributed by atoms with Crippen molar-refractivity contribution in [1.82, 2.24) is 0 Å². The van der Waals surface area contributed by atoms with Gasteiger partial charge in [0, 0.05) is 6.42 Å². The maximum atomic E-state index is 11.1. The van der Waals surface area contributed by atoms with E-state index in [2.05, 4.69) is 0 Å². The molecule has 1 fully saturated rings. The lowest BCUT2D eigenvalue weighted by Crippen LogP contribution is -2.31. The van der Waals surface area contributed by atoms with Crippen LogP contribution in [0.3, 0.4) is 0 Å². The van der Waals surface area contributed by atoms with Crippen LogP contribution in [-0.2, 0) is 14.3 Å². The quantitative estimate of drug-likeness (QED) is 0.631. The molecule has 1 rings (SSSR count). The Bertz CT molecular complexity index is 160. The minimum atomic E-state index is -0.0920. The van der Waals surface area contributed by atoms with E-state index in [-0.39, 0.29) is 12.1 Å². The first-order valence-electron chi connectivity index (χ1n) is 5.03. The molecule has 76 valence electrons. The van der Waals surface area contributed by atoms with Crippen molar-refractivity contribution in [3.8, 4) is 0 Å². The summed E-state index contributed by atoms with van der Waals surface area (Å²) in [6.07, 6.45) is 3.62. The molecule has 0 spiro atoms. The van der Waals surface area contributed by atoms with Gasteiger partial charge in [0.1, 0.15) is 6.10 Å². The third-order valence-electron chi connectivity index (χ3n) is 2.21. The third kappa shape index (κ3) is 3.77. The van der Waals surface area contributed by atoms with Gasteiger partial charge in [-0.05, 0) is 26.2 Å². The monoisotopic (exact) mass is 186 g/mol. The van der Waals surface area contributed by atoms with Gasteiger partial charge in [0.2, 0.25) is 0 Å². The molecule has 1 saturated heterocycles. The van der Waals surface area contributed by atoms with Crippen molar-refractivity contribution in [3.63, 3.8) is 0 Å². The summed E-state index contributed by atoms with van der Waals surface area (Å²) in [6.45, 7) is 4.58. The first-order valence-corrected chi connectivity index (χ1v) is 5.03. The highest BCUT2D eigenvalue weighted by Gasteiger charge is 2.21. The maximum absolute atomic E-state index is 11.1. The molecule has 0 aromatic carbocycles. The molecule has 0 bridgehead atoms. The third-order valence-corrected chi connectivity index (χ3v) is 2.21. The van der Waals surface area contributed by atoms with Gasteiger partial charge in [0.15, 0.2) is 0 Å². The Labute approximate surface area is 79.4 Å². The first-order chi connectivity index (χ1) is 6.22. The average molecular weight is 186 g/mol. The van der Waals surface area contributed by atoms with Crippen LogP contribution in [0.25, 0.3) is 0 Å². The zero-order valence-electron chi connectivity index (χ0n) is 8.41. The number of hydrogen-bond donors (Lipinski definition) is 0. The van der Waals surface area contributed by atoms with Crippen LogP contribution in [0.4, 0.5) is 0 Å². The molecule has 13 heavy (non-hydrogen) atoms. The summed E-state index contributed by atoms with van der Waals surface area (Å²) in [5.41, 5.74) is 0. The highest BCUT2D eigenvalue weighted by Crippen LogP contribution is 2.16. The van der Waals surface area contributed by atoms with Gasteiger partial charge in [0.25, 0.3) is 0 Å². The molecular weight excluding hydrogens is 168 g/mol. The summed E-state index contributed by atoms with van der Waals surface area (Å²) < 4.78 is 10.6. The standard InChI is InChI=1S/C10H18O3/c1-3-4-10(11)13-9-6-5-8(2)12-7-9/h8-9H,3-7H2,1-2H3/t8-,9-/m0/s1. The van der Waals surface area contributed by atoms with Crippen LogP contribution in [0.5, 0.6) is 0 Å². The fourth-order valence-corrected chi connectivity index (χ4v) is 1.40. The topological polar surface area (TPSA) is 35.5 Å². The minimum absolute atomic E-state index is 0.00440. The molecular formula is C10H18O3. The van der Waals surface area contributed by atoms with Crippen LogP contribution in [0.2, 0.25) is 0 Å². The SMILES string of the molecule is CCCC(=O)O[C@H]1CC[C@H](C)OC1. The number of carbonyl (C=O) groups is 1. The van der Waals surface area contributed by atoms with Crippen LogP contribution >= 0.6 is 0 Å². The number of ether oxygens (including phenoxy) is 2. The Morgan fingerprint density at radius 1 is 1.54 bits per heavy atom. The molecule has 0 saturated carbocycles. The van der Waals surface area contributed by atoms with E-state index in [1.807, 2.05) is 13.8 Å². The lowest BCUT2D eigenvalue weighted by molar-refractivity contribution is -0.158. The van der Waals surface area contributed by atoms with Gasteiger partial charge in [0.05, 0.1) is 12.7 Å². The molecule has 0 unspecified atom stereocenters.